The standard InChI is InChI=1S/C23H34N4O3/c1-16-9-8-12-27-14-18(25-20(16)27)13-19(28)26-23(11-7-6-10-17(23)2)15-24-21(29)30-22(3,4)5/h8-9,12,14,17H,6-7,10-11,13,15H2,1-5H3,(H,24,29)(H,26,28). The maximum atomic E-state index is 13.0. The van der Waals surface area contributed by atoms with Gasteiger partial charge in [-0.05, 0) is 58.1 Å². The monoisotopic (exact) mass is 414 g/mol. The normalized spacial score (nSPS) is 22.0. The van der Waals surface area contributed by atoms with Gasteiger partial charge in [-0.15, -0.1) is 0 Å². The fraction of sp³-hybridized carbons (Fsp3) is 0.609. The number of aromatic nitrogens is 2. The first-order valence-corrected chi connectivity index (χ1v) is 10.8. The van der Waals surface area contributed by atoms with Crippen molar-refractivity contribution in [1.29, 1.82) is 0 Å². The van der Waals surface area contributed by atoms with Crippen LogP contribution in [0.1, 0.15) is 64.6 Å². The summed E-state index contributed by atoms with van der Waals surface area (Å²) in [6.45, 7) is 10.0. The van der Waals surface area contributed by atoms with Crippen LogP contribution in [0.2, 0.25) is 0 Å². The van der Waals surface area contributed by atoms with E-state index in [1.54, 1.807) is 0 Å². The number of fused-ring (bicyclic) bond motifs is 1. The van der Waals surface area contributed by atoms with Gasteiger partial charge in [0, 0.05) is 18.9 Å². The van der Waals surface area contributed by atoms with Gasteiger partial charge in [0.05, 0.1) is 17.7 Å². The van der Waals surface area contributed by atoms with Crippen LogP contribution in [-0.4, -0.2) is 39.1 Å². The first-order chi connectivity index (χ1) is 14.1. The lowest BCUT2D eigenvalue weighted by Gasteiger charge is -2.43. The number of carbonyl (C=O) groups excluding carboxylic acids is 2. The molecule has 2 aromatic heterocycles. The number of hydrogen-bond donors (Lipinski definition) is 2. The highest BCUT2D eigenvalue weighted by atomic mass is 16.6. The van der Waals surface area contributed by atoms with Crippen LogP contribution >= 0.6 is 0 Å². The zero-order chi connectivity index (χ0) is 21.9. The molecule has 1 saturated carbocycles. The van der Waals surface area contributed by atoms with Gasteiger partial charge in [0.2, 0.25) is 5.91 Å². The van der Waals surface area contributed by atoms with Gasteiger partial charge in [-0.25, -0.2) is 9.78 Å². The molecule has 0 spiro atoms. The summed E-state index contributed by atoms with van der Waals surface area (Å²) < 4.78 is 7.32. The fourth-order valence-corrected chi connectivity index (χ4v) is 4.23. The van der Waals surface area contributed by atoms with Crippen LogP contribution in [0.15, 0.2) is 24.5 Å². The summed E-state index contributed by atoms with van der Waals surface area (Å²) in [5, 5.41) is 6.13. The minimum atomic E-state index is -0.556. The molecule has 0 radical (unpaired) electrons. The van der Waals surface area contributed by atoms with Crippen LogP contribution in [0.5, 0.6) is 0 Å². The predicted molar refractivity (Wildman–Crippen MR) is 116 cm³/mol. The summed E-state index contributed by atoms with van der Waals surface area (Å²) in [5.74, 6) is 0.184. The van der Waals surface area contributed by atoms with Crippen molar-refractivity contribution in [2.75, 3.05) is 6.54 Å². The van der Waals surface area contributed by atoms with Gasteiger partial charge < -0.3 is 19.8 Å². The number of alkyl carbamates (subject to hydrolysis) is 1. The second-order valence-corrected chi connectivity index (χ2v) is 9.54. The van der Waals surface area contributed by atoms with Crippen LogP contribution in [0, 0.1) is 12.8 Å². The van der Waals surface area contributed by atoms with E-state index in [-0.39, 0.29) is 18.2 Å². The number of imidazole rings is 1. The van der Waals surface area contributed by atoms with E-state index in [1.165, 1.54) is 0 Å². The number of nitrogens with zero attached hydrogens (tertiary/aromatic N) is 2. The molecule has 0 aromatic carbocycles. The van der Waals surface area contributed by atoms with E-state index in [4.69, 9.17) is 4.74 Å². The summed E-state index contributed by atoms with van der Waals surface area (Å²) >= 11 is 0. The summed E-state index contributed by atoms with van der Waals surface area (Å²) in [7, 11) is 0. The van der Waals surface area contributed by atoms with Crippen LogP contribution < -0.4 is 10.6 Å². The van der Waals surface area contributed by atoms with Crippen LogP contribution in [-0.2, 0) is 16.0 Å². The van der Waals surface area contributed by atoms with E-state index >= 15 is 0 Å². The Balaban J connectivity index is 1.69. The molecule has 2 heterocycles. The largest absolute Gasteiger partial charge is 0.444 e. The van der Waals surface area contributed by atoms with Gasteiger partial charge in [-0.3, -0.25) is 4.79 Å². The third kappa shape index (κ3) is 5.32. The first kappa shape index (κ1) is 22.1. The highest BCUT2D eigenvalue weighted by molar-refractivity contribution is 5.79. The Kier molecular flexibility index (Phi) is 6.38. The average molecular weight is 415 g/mol. The highest BCUT2D eigenvalue weighted by Gasteiger charge is 2.40. The summed E-state index contributed by atoms with van der Waals surface area (Å²) in [6.07, 6.45) is 7.60. The third-order valence-electron chi connectivity index (χ3n) is 5.86. The van der Waals surface area contributed by atoms with Gasteiger partial charge >= 0.3 is 6.09 Å². The van der Waals surface area contributed by atoms with Crippen LogP contribution in [0.3, 0.4) is 0 Å². The maximum absolute atomic E-state index is 13.0. The van der Waals surface area contributed by atoms with E-state index < -0.39 is 17.2 Å². The van der Waals surface area contributed by atoms with E-state index in [0.29, 0.717) is 6.54 Å². The number of ether oxygens (including phenoxy) is 1. The molecule has 2 N–H and O–H groups in total. The smallest absolute Gasteiger partial charge is 0.407 e. The van der Waals surface area contributed by atoms with E-state index in [1.807, 2.05) is 56.6 Å². The summed E-state index contributed by atoms with van der Waals surface area (Å²) in [5.41, 5.74) is 1.65. The van der Waals surface area contributed by atoms with E-state index in [9.17, 15) is 9.59 Å². The number of pyridine rings is 1. The summed E-state index contributed by atoms with van der Waals surface area (Å²) in [6, 6.07) is 3.97. The Morgan fingerprint density at radius 1 is 1.33 bits per heavy atom. The Morgan fingerprint density at radius 2 is 2.10 bits per heavy atom. The van der Waals surface area contributed by atoms with Crippen molar-refractivity contribution in [3.63, 3.8) is 0 Å². The Bertz CT molecular complexity index is 915. The molecule has 0 saturated heterocycles. The van der Waals surface area contributed by atoms with E-state index in [0.717, 1.165) is 42.6 Å². The predicted octanol–water partition coefficient (Wildman–Crippen LogP) is 3.78. The Hall–Kier alpha value is -2.57. The number of nitrogens with one attached hydrogen (secondary N) is 2. The number of hydrogen-bond acceptors (Lipinski definition) is 4. The van der Waals surface area contributed by atoms with Crippen molar-refractivity contribution in [3.05, 3.63) is 35.8 Å². The molecule has 164 valence electrons. The third-order valence-corrected chi connectivity index (χ3v) is 5.86. The number of aryl methyl sites for hydroxylation is 1. The number of carbonyl (C=O) groups is 2. The van der Waals surface area contributed by atoms with Crippen molar-refractivity contribution in [3.8, 4) is 0 Å². The number of rotatable bonds is 5. The van der Waals surface area contributed by atoms with Crippen molar-refractivity contribution in [2.24, 2.45) is 5.92 Å². The SMILES string of the molecule is Cc1cccn2cc(CC(=O)NC3(CNC(=O)OC(C)(C)C)CCCCC3C)nc12. The van der Waals surface area contributed by atoms with Crippen molar-refractivity contribution < 1.29 is 14.3 Å². The molecule has 2 aromatic rings. The zero-order valence-corrected chi connectivity index (χ0v) is 18.7. The average Bonchev–Trinajstić information content (AvgIpc) is 3.05. The van der Waals surface area contributed by atoms with Crippen LogP contribution in [0.4, 0.5) is 4.79 Å². The molecular weight excluding hydrogens is 380 g/mol. The lowest BCUT2D eigenvalue weighted by atomic mass is 9.73. The second kappa shape index (κ2) is 8.66. The van der Waals surface area contributed by atoms with Crippen LogP contribution in [0.25, 0.3) is 5.65 Å². The second-order valence-electron chi connectivity index (χ2n) is 9.54. The first-order valence-electron chi connectivity index (χ1n) is 10.8. The Morgan fingerprint density at radius 3 is 2.77 bits per heavy atom. The molecule has 2 amide bonds. The van der Waals surface area contributed by atoms with Crippen molar-refractivity contribution in [2.45, 2.75) is 77.9 Å². The van der Waals surface area contributed by atoms with Gasteiger partial charge in [-0.2, -0.15) is 0 Å². The number of amides is 2. The van der Waals surface area contributed by atoms with Crippen molar-refractivity contribution >= 4 is 17.6 Å². The Labute approximate surface area is 178 Å². The molecule has 1 aliphatic rings. The molecule has 2 unspecified atom stereocenters. The van der Waals surface area contributed by atoms with Gasteiger partial charge in [-0.1, -0.05) is 25.8 Å². The minimum Gasteiger partial charge on any atom is -0.444 e. The van der Waals surface area contributed by atoms with E-state index in [2.05, 4.69) is 22.5 Å². The molecule has 1 aliphatic carbocycles. The zero-order valence-electron chi connectivity index (χ0n) is 18.7. The summed E-state index contributed by atoms with van der Waals surface area (Å²) in [4.78, 5) is 29.8. The fourth-order valence-electron chi connectivity index (χ4n) is 4.23. The molecule has 0 aliphatic heterocycles. The van der Waals surface area contributed by atoms with Crippen molar-refractivity contribution in [1.82, 2.24) is 20.0 Å². The quantitative estimate of drug-likeness (QED) is 0.780. The molecular formula is C23H34N4O3. The van der Waals surface area contributed by atoms with Gasteiger partial charge in [0.25, 0.3) is 0 Å². The molecule has 7 nitrogen and oxygen atoms in total. The maximum Gasteiger partial charge on any atom is 0.407 e. The highest BCUT2D eigenvalue weighted by Crippen LogP contribution is 2.33. The molecule has 0 bridgehead atoms. The van der Waals surface area contributed by atoms with Gasteiger partial charge in [0.1, 0.15) is 11.2 Å². The minimum absolute atomic E-state index is 0.0733. The molecule has 2 atom stereocenters. The molecule has 1 fully saturated rings. The lowest BCUT2D eigenvalue weighted by molar-refractivity contribution is -0.123. The van der Waals surface area contributed by atoms with Gasteiger partial charge in [0.15, 0.2) is 0 Å². The topological polar surface area (TPSA) is 84.7 Å². The molecule has 7 heteroatoms. The lowest BCUT2D eigenvalue weighted by Crippen LogP contribution is -2.61. The molecule has 3 rings (SSSR count). The molecule has 30 heavy (non-hydrogen) atoms.